The molecular formula is C51H57B3OP3+3. The van der Waals surface area contributed by atoms with Gasteiger partial charge in [0, 0.05) is 13.3 Å². The van der Waals surface area contributed by atoms with E-state index in [9.17, 15) is 5.11 Å². The summed E-state index contributed by atoms with van der Waals surface area (Å²) in [5.41, 5.74) is 11.4. The van der Waals surface area contributed by atoms with Crippen LogP contribution >= 0.6 is 22.1 Å². The molecular weight excluding hydrogens is 754 g/mol. The number of rotatable bonds is 8. The van der Waals surface area contributed by atoms with E-state index in [4.69, 9.17) is 22.7 Å². The Morgan fingerprint density at radius 3 is 0.897 bits per heavy atom. The van der Waals surface area contributed by atoms with Gasteiger partial charge < -0.3 is 5.11 Å². The predicted octanol–water partition coefficient (Wildman–Crippen LogP) is 14.3. The second-order valence-corrected chi connectivity index (χ2v) is 26.1. The molecule has 58 heavy (non-hydrogen) atoms. The van der Waals surface area contributed by atoms with Crippen LogP contribution in [0.3, 0.4) is 0 Å². The predicted molar refractivity (Wildman–Crippen MR) is 260 cm³/mol. The van der Waals surface area contributed by atoms with Gasteiger partial charge in [-0.25, -0.2) is 0 Å². The van der Waals surface area contributed by atoms with Gasteiger partial charge in [0.15, 0.2) is 0 Å². The van der Waals surface area contributed by atoms with Crippen molar-refractivity contribution in [3.05, 3.63) is 215 Å². The largest absolute Gasteiger partial charge is 0.369 e. The Kier molecular flexibility index (Phi) is 15.0. The summed E-state index contributed by atoms with van der Waals surface area (Å²) in [5.74, 6) is 0. The molecule has 0 aliphatic carbocycles. The molecule has 3 saturated heterocycles. The molecule has 0 amide bonds. The van der Waals surface area contributed by atoms with Crippen molar-refractivity contribution in [1.29, 1.82) is 0 Å². The Bertz CT molecular complexity index is 1850. The summed E-state index contributed by atoms with van der Waals surface area (Å²) in [6, 6.07) is 64.3. The van der Waals surface area contributed by atoms with Crippen molar-refractivity contribution in [1.82, 2.24) is 0 Å². The Hall–Kier alpha value is -3.24. The minimum absolute atomic E-state index is 0.131. The van der Waals surface area contributed by atoms with E-state index in [1.807, 2.05) is 12.1 Å². The maximum absolute atomic E-state index is 10.0. The standard InChI is InChI=1S/C18H21BP.C17H19BOP.C16H17BP/c1-2-20(19)17(15-9-5-3-6-10-15)13-14-18(20)16-11-7-4-8-12-16;18-20(13-19)16(14-7-3-1-4-8-14)11-12-17(20)15-9-5-2-6-10-15;17-18-15(13-7-3-1-4-8-13)11-12-16(18)14-9-5-2-6-10-14/h3-12,17-18H,2,13-14H2,1H3;1-10,16-17,19H,11-13H2;1-10,15-16,18H,11-12H2/q3*+1/t17-,18?,20?;16-,17?,20?;15-,16?/m111/s1. The first-order chi connectivity index (χ1) is 28.4. The summed E-state index contributed by atoms with van der Waals surface area (Å²) in [6.07, 6.45) is 8.38. The Balaban J connectivity index is 0.000000133. The highest BCUT2D eigenvalue weighted by Gasteiger charge is 2.54. The molecule has 7 heteroatoms. The van der Waals surface area contributed by atoms with E-state index in [2.05, 4.69) is 177 Å². The lowest BCUT2D eigenvalue weighted by atomic mass is 10.0. The molecule has 3 aliphatic rings. The average Bonchev–Trinajstić information content (AvgIpc) is 3.98. The fourth-order valence-electron chi connectivity index (χ4n) is 10.1. The van der Waals surface area contributed by atoms with Crippen LogP contribution < -0.4 is 0 Å². The van der Waals surface area contributed by atoms with Gasteiger partial charge in [-0.3, -0.25) is 0 Å². The van der Waals surface area contributed by atoms with E-state index in [0.717, 1.165) is 19.0 Å². The molecule has 0 spiro atoms. The summed E-state index contributed by atoms with van der Waals surface area (Å²) < 4.78 is 0. The maximum atomic E-state index is 10.0. The zero-order chi connectivity index (χ0) is 40.4. The number of hydrogen-bond donors (Lipinski definition) is 1. The molecule has 1 nitrogen and oxygen atoms in total. The van der Waals surface area contributed by atoms with Crippen molar-refractivity contribution in [3.63, 3.8) is 0 Å². The van der Waals surface area contributed by atoms with Gasteiger partial charge in [0.1, 0.15) is 6.35 Å². The van der Waals surface area contributed by atoms with E-state index in [-0.39, 0.29) is 6.35 Å². The van der Waals surface area contributed by atoms with Gasteiger partial charge >= 0.3 is 22.7 Å². The van der Waals surface area contributed by atoms with E-state index in [0.29, 0.717) is 34.0 Å². The number of hydrogen-bond acceptors (Lipinski definition) is 1. The highest BCUT2D eigenvalue weighted by atomic mass is 31.2. The molecule has 3 aliphatic heterocycles. The van der Waals surface area contributed by atoms with Gasteiger partial charge in [0.2, 0.25) is 0 Å². The second kappa shape index (κ2) is 20.4. The van der Waals surface area contributed by atoms with Crippen LogP contribution in [-0.4, -0.2) is 40.3 Å². The van der Waals surface area contributed by atoms with Crippen LogP contribution in [0.5, 0.6) is 0 Å². The molecule has 1 N–H and O–H groups in total. The molecule has 0 bridgehead atoms. The van der Waals surface area contributed by atoms with Gasteiger partial charge in [-0.2, -0.15) is 0 Å². The lowest BCUT2D eigenvalue weighted by Gasteiger charge is -2.30. The average molecular weight is 811 g/mol. The van der Waals surface area contributed by atoms with E-state index < -0.39 is 22.1 Å². The summed E-state index contributed by atoms with van der Waals surface area (Å²) in [4.78, 5) is 0. The smallest absolute Gasteiger partial charge is 0.363 e. The summed E-state index contributed by atoms with van der Waals surface area (Å²) >= 11 is 0. The molecule has 6 aromatic carbocycles. The first kappa shape index (κ1) is 42.9. The molecule has 0 saturated carbocycles. The van der Waals surface area contributed by atoms with E-state index in [1.54, 1.807) is 0 Å². The molecule has 9 atom stereocenters. The Morgan fingerprint density at radius 2 is 0.655 bits per heavy atom. The highest BCUT2D eigenvalue weighted by molar-refractivity contribution is 7.98. The molecule has 3 fully saturated rings. The molecule has 288 valence electrons. The third-order valence-electron chi connectivity index (χ3n) is 13.2. The normalized spacial score (nSPS) is 28.8. The summed E-state index contributed by atoms with van der Waals surface area (Å²) in [6.45, 7) is 2.28. The third kappa shape index (κ3) is 9.54. The highest BCUT2D eigenvalue weighted by Crippen LogP contribution is 2.82. The van der Waals surface area contributed by atoms with Crippen LogP contribution in [0, 0.1) is 0 Å². The third-order valence-corrected chi connectivity index (χ3v) is 24.5. The number of benzene rings is 6. The first-order valence-corrected chi connectivity index (χ1v) is 27.3. The van der Waals surface area contributed by atoms with Crippen LogP contribution in [0.1, 0.15) is 113 Å². The quantitative estimate of drug-likeness (QED) is 0.120. The van der Waals surface area contributed by atoms with Crippen LogP contribution in [0.15, 0.2) is 182 Å². The van der Waals surface area contributed by atoms with Crippen molar-refractivity contribution < 1.29 is 5.11 Å². The summed E-state index contributed by atoms with van der Waals surface area (Å²) in [7, 11) is 16.2. The minimum Gasteiger partial charge on any atom is -0.363 e. The van der Waals surface area contributed by atoms with Crippen LogP contribution in [0.25, 0.3) is 0 Å². The van der Waals surface area contributed by atoms with E-state index in [1.165, 1.54) is 59.1 Å². The molecule has 6 unspecified atom stereocenters. The SMILES string of the molecule is [B][P+]1(CC)C(c2ccccc2)CC[C@@H]1c1ccccc1.[B][P+]1(CO)C(c2ccccc2)CC[C@@H]1c1ccccc1.[B][PH+]1C(c2ccccc2)CC[C@@H]1c1ccccc1. The van der Waals surface area contributed by atoms with Crippen molar-refractivity contribution in [3.8, 4) is 0 Å². The lowest BCUT2D eigenvalue weighted by molar-refractivity contribution is 0.367. The zero-order valence-corrected chi connectivity index (χ0v) is 36.8. The van der Waals surface area contributed by atoms with Gasteiger partial charge in [-0.05, 0) is 93.8 Å². The van der Waals surface area contributed by atoms with Crippen molar-refractivity contribution >= 4 is 44.8 Å². The van der Waals surface area contributed by atoms with Crippen molar-refractivity contribution in [2.24, 2.45) is 0 Å². The fourth-order valence-corrected chi connectivity index (χ4v) is 20.4. The number of aliphatic hydroxyl groups is 1. The van der Waals surface area contributed by atoms with Crippen molar-refractivity contribution in [2.75, 3.05) is 12.5 Å². The van der Waals surface area contributed by atoms with Crippen LogP contribution in [-0.2, 0) is 0 Å². The molecule has 3 heterocycles. The maximum Gasteiger partial charge on any atom is 0.369 e. The number of aliphatic hydroxyl groups excluding tert-OH is 1. The first-order valence-electron chi connectivity index (χ1n) is 21.2. The monoisotopic (exact) mass is 811 g/mol. The Morgan fingerprint density at radius 1 is 0.414 bits per heavy atom. The van der Waals surface area contributed by atoms with Gasteiger partial charge in [0.25, 0.3) is 0 Å². The Labute approximate surface area is 355 Å². The zero-order valence-electron chi connectivity index (χ0n) is 34.0. The molecule has 9 rings (SSSR count). The lowest BCUT2D eigenvalue weighted by Crippen LogP contribution is -2.09. The summed E-state index contributed by atoms with van der Waals surface area (Å²) in [5, 5.41) is 10.0. The van der Waals surface area contributed by atoms with Gasteiger partial charge in [-0.1, -0.05) is 182 Å². The van der Waals surface area contributed by atoms with Crippen LogP contribution in [0.2, 0.25) is 0 Å². The van der Waals surface area contributed by atoms with Gasteiger partial charge in [0.05, 0.1) is 34.0 Å². The van der Waals surface area contributed by atoms with E-state index >= 15 is 0 Å². The minimum atomic E-state index is -1.91. The molecule has 0 aromatic heterocycles. The molecule has 6 radical (unpaired) electrons. The topological polar surface area (TPSA) is 20.2 Å². The van der Waals surface area contributed by atoms with Crippen molar-refractivity contribution in [2.45, 2.75) is 79.4 Å². The van der Waals surface area contributed by atoms with Gasteiger partial charge in [-0.15, -0.1) is 0 Å². The molecule has 6 aromatic rings. The fraction of sp³-hybridized carbons (Fsp3) is 0.294. The van der Waals surface area contributed by atoms with Crippen LogP contribution in [0.4, 0.5) is 0 Å². The second-order valence-electron chi connectivity index (χ2n) is 16.3.